The van der Waals surface area contributed by atoms with Gasteiger partial charge in [0.2, 0.25) is 6.79 Å². The Morgan fingerprint density at radius 3 is 2.96 bits per heavy atom. The Labute approximate surface area is 160 Å². The molecule has 1 saturated heterocycles. The molecule has 5 heteroatoms. The molecule has 2 aromatic rings. The average Bonchev–Trinajstić information content (AvgIpc) is 3.21. The highest BCUT2D eigenvalue weighted by molar-refractivity contribution is 5.57. The van der Waals surface area contributed by atoms with Crippen LogP contribution in [0, 0.1) is 5.92 Å². The normalized spacial score (nSPS) is 25.1. The standard InChI is InChI=1S/C22H26N2O3/c1-15(22-18-5-3-2-4-16(18)8-11-25-22)19-13-24(10-9-23-19)17-6-7-20-21(12-17)27-14-26-20/h2-7,12,15,19,22-23H,8-11,13-14H2,1H3. The first kappa shape index (κ1) is 16.9. The first-order valence-corrected chi connectivity index (χ1v) is 9.87. The molecular weight excluding hydrogens is 340 g/mol. The Bertz CT molecular complexity index is 825. The quantitative estimate of drug-likeness (QED) is 0.904. The van der Waals surface area contributed by atoms with Gasteiger partial charge in [0, 0.05) is 43.3 Å². The Morgan fingerprint density at radius 1 is 1.11 bits per heavy atom. The summed E-state index contributed by atoms with van der Waals surface area (Å²) in [5, 5.41) is 3.72. The topological polar surface area (TPSA) is 43.0 Å². The molecule has 3 heterocycles. The van der Waals surface area contributed by atoms with E-state index >= 15 is 0 Å². The summed E-state index contributed by atoms with van der Waals surface area (Å²) in [7, 11) is 0. The third-order valence-corrected chi connectivity index (χ3v) is 6.07. The number of benzene rings is 2. The monoisotopic (exact) mass is 366 g/mol. The first-order valence-electron chi connectivity index (χ1n) is 9.87. The highest BCUT2D eigenvalue weighted by atomic mass is 16.7. The number of ether oxygens (including phenoxy) is 3. The summed E-state index contributed by atoms with van der Waals surface area (Å²) in [4.78, 5) is 2.44. The van der Waals surface area contributed by atoms with E-state index in [4.69, 9.17) is 14.2 Å². The highest BCUT2D eigenvalue weighted by Crippen LogP contribution is 2.38. The van der Waals surface area contributed by atoms with Gasteiger partial charge >= 0.3 is 0 Å². The van der Waals surface area contributed by atoms with Crippen molar-refractivity contribution in [2.75, 3.05) is 37.9 Å². The fraction of sp³-hybridized carbons (Fsp3) is 0.455. The Hall–Kier alpha value is -2.24. The van der Waals surface area contributed by atoms with Gasteiger partial charge in [-0.1, -0.05) is 31.2 Å². The molecule has 3 atom stereocenters. The number of anilines is 1. The Kier molecular flexibility index (Phi) is 4.42. The molecule has 0 bridgehead atoms. The molecule has 5 nitrogen and oxygen atoms in total. The second kappa shape index (κ2) is 7.06. The second-order valence-electron chi connectivity index (χ2n) is 7.64. The van der Waals surface area contributed by atoms with Crippen LogP contribution in [0.15, 0.2) is 42.5 Å². The summed E-state index contributed by atoms with van der Waals surface area (Å²) >= 11 is 0. The molecule has 5 rings (SSSR count). The maximum Gasteiger partial charge on any atom is 0.231 e. The third-order valence-electron chi connectivity index (χ3n) is 6.07. The summed E-state index contributed by atoms with van der Waals surface area (Å²) < 4.78 is 17.2. The van der Waals surface area contributed by atoms with Crippen LogP contribution < -0.4 is 19.7 Å². The SMILES string of the molecule is CC(C1CN(c2ccc3c(c2)OCO3)CCN1)C1OCCc2ccccc21. The number of nitrogens with one attached hydrogen (secondary N) is 1. The fourth-order valence-corrected chi connectivity index (χ4v) is 4.52. The molecule has 0 aliphatic carbocycles. The number of piperazine rings is 1. The van der Waals surface area contributed by atoms with Crippen molar-refractivity contribution in [3.63, 3.8) is 0 Å². The zero-order chi connectivity index (χ0) is 18.2. The lowest BCUT2D eigenvalue weighted by molar-refractivity contribution is -0.00539. The summed E-state index contributed by atoms with van der Waals surface area (Å²) in [5.74, 6) is 2.08. The lowest BCUT2D eigenvalue weighted by Gasteiger charge is -2.41. The van der Waals surface area contributed by atoms with E-state index in [1.54, 1.807) is 0 Å². The second-order valence-corrected chi connectivity index (χ2v) is 7.64. The summed E-state index contributed by atoms with van der Waals surface area (Å²) in [6, 6.07) is 15.3. The Morgan fingerprint density at radius 2 is 2.00 bits per heavy atom. The lowest BCUT2D eigenvalue weighted by Crippen LogP contribution is -2.54. The molecule has 0 spiro atoms. The van der Waals surface area contributed by atoms with Gasteiger partial charge in [0.15, 0.2) is 11.5 Å². The first-order chi connectivity index (χ1) is 13.3. The average molecular weight is 366 g/mol. The molecule has 2 aromatic carbocycles. The molecule has 3 unspecified atom stereocenters. The molecule has 3 aliphatic heterocycles. The van der Waals surface area contributed by atoms with E-state index in [1.807, 2.05) is 6.07 Å². The van der Waals surface area contributed by atoms with Crippen molar-refractivity contribution in [3.05, 3.63) is 53.6 Å². The molecule has 0 saturated carbocycles. The van der Waals surface area contributed by atoms with Crippen molar-refractivity contribution in [2.24, 2.45) is 5.92 Å². The van der Waals surface area contributed by atoms with E-state index in [0.29, 0.717) is 18.8 Å². The molecule has 1 N–H and O–H groups in total. The van der Waals surface area contributed by atoms with Gasteiger partial charge in [0.25, 0.3) is 0 Å². The van der Waals surface area contributed by atoms with Crippen LogP contribution in [0.5, 0.6) is 11.5 Å². The predicted molar refractivity (Wildman–Crippen MR) is 105 cm³/mol. The van der Waals surface area contributed by atoms with Crippen molar-refractivity contribution in [1.29, 1.82) is 0 Å². The smallest absolute Gasteiger partial charge is 0.231 e. The van der Waals surface area contributed by atoms with Crippen LogP contribution in [0.1, 0.15) is 24.2 Å². The summed E-state index contributed by atoms with van der Waals surface area (Å²) in [5.41, 5.74) is 3.99. The molecule has 0 amide bonds. The molecule has 3 aliphatic rings. The van der Waals surface area contributed by atoms with Gasteiger partial charge in [-0.25, -0.2) is 0 Å². The summed E-state index contributed by atoms with van der Waals surface area (Å²) in [6.45, 7) is 6.36. The minimum Gasteiger partial charge on any atom is -0.454 e. The van der Waals surface area contributed by atoms with Crippen molar-refractivity contribution in [3.8, 4) is 11.5 Å². The van der Waals surface area contributed by atoms with Crippen molar-refractivity contribution in [2.45, 2.75) is 25.5 Å². The molecule has 142 valence electrons. The number of nitrogens with zero attached hydrogens (tertiary/aromatic N) is 1. The van der Waals surface area contributed by atoms with Gasteiger partial charge in [0.1, 0.15) is 0 Å². The molecule has 1 fully saturated rings. The number of hydrogen-bond acceptors (Lipinski definition) is 5. The summed E-state index contributed by atoms with van der Waals surface area (Å²) in [6.07, 6.45) is 1.17. The van der Waals surface area contributed by atoms with Gasteiger partial charge in [-0.15, -0.1) is 0 Å². The van der Waals surface area contributed by atoms with Gasteiger partial charge in [-0.2, -0.15) is 0 Å². The highest BCUT2D eigenvalue weighted by Gasteiger charge is 2.34. The van der Waals surface area contributed by atoms with Crippen molar-refractivity contribution in [1.82, 2.24) is 5.32 Å². The van der Waals surface area contributed by atoms with Crippen LogP contribution in [-0.4, -0.2) is 39.1 Å². The minimum absolute atomic E-state index is 0.157. The van der Waals surface area contributed by atoms with Gasteiger partial charge in [0.05, 0.1) is 12.7 Å². The van der Waals surface area contributed by atoms with E-state index in [9.17, 15) is 0 Å². The van der Waals surface area contributed by atoms with Gasteiger partial charge in [-0.05, 0) is 29.7 Å². The van der Waals surface area contributed by atoms with Gasteiger partial charge in [-0.3, -0.25) is 0 Å². The number of hydrogen-bond donors (Lipinski definition) is 1. The van der Waals surface area contributed by atoms with E-state index in [0.717, 1.165) is 44.2 Å². The zero-order valence-electron chi connectivity index (χ0n) is 15.7. The zero-order valence-corrected chi connectivity index (χ0v) is 15.7. The van der Waals surface area contributed by atoms with E-state index < -0.39 is 0 Å². The van der Waals surface area contributed by atoms with E-state index in [1.165, 1.54) is 16.8 Å². The van der Waals surface area contributed by atoms with Crippen LogP contribution in [0.25, 0.3) is 0 Å². The van der Waals surface area contributed by atoms with E-state index in [-0.39, 0.29) is 6.10 Å². The molecule has 0 radical (unpaired) electrons. The number of rotatable bonds is 3. The molecular formula is C22H26N2O3. The number of fused-ring (bicyclic) bond motifs is 2. The molecule has 0 aromatic heterocycles. The molecule has 27 heavy (non-hydrogen) atoms. The van der Waals surface area contributed by atoms with Crippen LogP contribution in [0.3, 0.4) is 0 Å². The fourth-order valence-electron chi connectivity index (χ4n) is 4.52. The van der Waals surface area contributed by atoms with Gasteiger partial charge < -0.3 is 24.4 Å². The largest absolute Gasteiger partial charge is 0.454 e. The predicted octanol–water partition coefficient (Wildman–Crippen LogP) is 3.14. The Balaban J connectivity index is 1.34. The lowest BCUT2D eigenvalue weighted by atomic mass is 9.85. The minimum atomic E-state index is 0.157. The van der Waals surface area contributed by atoms with Crippen molar-refractivity contribution >= 4 is 5.69 Å². The van der Waals surface area contributed by atoms with Crippen LogP contribution in [-0.2, 0) is 11.2 Å². The van der Waals surface area contributed by atoms with Crippen LogP contribution in [0.2, 0.25) is 0 Å². The maximum atomic E-state index is 6.23. The third kappa shape index (κ3) is 3.15. The van der Waals surface area contributed by atoms with Crippen LogP contribution in [0.4, 0.5) is 5.69 Å². The van der Waals surface area contributed by atoms with Crippen LogP contribution >= 0.6 is 0 Å². The van der Waals surface area contributed by atoms with E-state index in [2.05, 4.69) is 53.5 Å². The maximum absolute atomic E-state index is 6.23. The van der Waals surface area contributed by atoms with Crippen molar-refractivity contribution < 1.29 is 14.2 Å².